The highest BCUT2D eigenvalue weighted by atomic mass is 15.1. The van der Waals surface area contributed by atoms with E-state index in [1.165, 1.54) is 213 Å². The fourth-order valence-electron chi connectivity index (χ4n) is 14.4. The molecule has 0 heterocycles. The van der Waals surface area contributed by atoms with Gasteiger partial charge in [-0.25, -0.2) is 0 Å². The van der Waals surface area contributed by atoms with Gasteiger partial charge in [-0.1, -0.05) is 287 Å². The summed E-state index contributed by atoms with van der Waals surface area (Å²) in [5.41, 5.74) is 21.2. The number of hydrogen-bond donors (Lipinski definition) is 0. The molecule has 0 radical (unpaired) electrons. The van der Waals surface area contributed by atoms with E-state index in [4.69, 9.17) is 0 Å². The summed E-state index contributed by atoms with van der Waals surface area (Å²) in [5.74, 6) is 0. The van der Waals surface area contributed by atoms with E-state index in [0.29, 0.717) is 0 Å². The first kappa shape index (κ1) is 67.5. The predicted molar refractivity (Wildman–Crippen MR) is 415 cm³/mol. The second kappa shape index (κ2) is 29.8. The summed E-state index contributed by atoms with van der Waals surface area (Å²) in [6, 6.07) is 78.8. The van der Waals surface area contributed by atoms with Gasteiger partial charge in [-0.2, -0.15) is 0 Å². The zero-order valence-electron chi connectivity index (χ0n) is 59.7. The predicted octanol–water partition coefficient (Wildman–Crippen LogP) is 28.4. The summed E-state index contributed by atoms with van der Waals surface area (Å²) in [7, 11) is 0. The van der Waals surface area contributed by atoms with Crippen molar-refractivity contribution in [1.82, 2.24) is 0 Å². The topological polar surface area (TPSA) is 6.48 Å². The minimum absolute atomic E-state index is 0.0202. The van der Waals surface area contributed by atoms with Gasteiger partial charge in [0.25, 0.3) is 0 Å². The second-order valence-corrected chi connectivity index (χ2v) is 30.8. The molecule has 0 spiro atoms. The van der Waals surface area contributed by atoms with Crippen molar-refractivity contribution in [3.63, 3.8) is 0 Å². The van der Waals surface area contributed by atoms with Gasteiger partial charge in [0, 0.05) is 34.1 Å². The Morgan fingerprint density at radius 2 is 0.617 bits per heavy atom. The molecule has 0 N–H and O–H groups in total. The van der Waals surface area contributed by atoms with Crippen LogP contribution in [-0.4, -0.2) is 0 Å². The van der Waals surface area contributed by atoms with Crippen molar-refractivity contribution in [2.24, 2.45) is 0 Å². The molecule has 0 bridgehead atoms. The standard InChI is InChI=1S/C92H108N2/c1-14-16-18-20-22-24-26-28-30-67-34-36-71-61-73(40-38-69(71)59-67)88-84-57-55-82(94(87-58-65(3)32-33-66(87)4)80-52-46-77(47-53-80)92(11,12)13)64-86(84)89(74-41-39-70-60-68(35-37-72(70)62-74)31-29-27-25-23-21-19-17-15-2)83-56-54-81(63-85(83)88)93(78-48-42-75(43-49-78)90(5,6)7)79-50-44-76(45-51-79)91(8,9)10/h32-64H,14-31H2,1-13H3. The SMILES string of the molecule is CCCCCCCCCCc1ccc2cc(-c3c4ccc(N(c5ccc(C(C)(C)C)cc5)c5cc(C)ccc5C)cc4c(-c4ccc5cc(CCCCCCCCCC)ccc5c4)c4ccc(N(c5ccc(C(C)(C)C)cc5)c5ccc(C(C)(C)C)cc5)cc34)ccc2c1. The minimum atomic E-state index is 0.0202. The molecule has 0 atom stereocenters. The molecule has 2 heteroatoms. The Labute approximate surface area is 566 Å². The van der Waals surface area contributed by atoms with Gasteiger partial charge in [-0.15, -0.1) is 0 Å². The summed E-state index contributed by atoms with van der Waals surface area (Å²) >= 11 is 0. The Morgan fingerprint density at radius 3 is 1.01 bits per heavy atom. The molecular weight excluding hydrogens is 1130 g/mol. The number of nitrogens with zero attached hydrogens (tertiary/aromatic N) is 2. The third-order valence-corrected chi connectivity index (χ3v) is 20.2. The maximum atomic E-state index is 2.52. The molecule has 11 aromatic carbocycles. The lowest BCUT2D eigenvalue weighted by Gasteiger charge is -2.30. The van der Waals surface area contributed by atoms with Crippen LogP contribution in [-0.2, 0) is 29.1 Å². The van der Waals surface area contributed by atoms with Crippen molar-refractivity contribution in [3.8, 4) is 22.3 Å². The normalized spacial score (nSPS) is 12.2. The Bertz CT molecular complexity index is 4290. The quantitative estimate of drug-likeness (QED) is 0.0394. The van der Waals surface area contributed by atoms with Crippen LogP contribution in [0.15, 0.2) is 200 Å². The van der Waals surface area contributed by atoms with Gasteiger partial charge < -0.3 is 9.80 Å². The van der Waals surface area contributed by atoms with Crippen LogP contribution in [0.5, 0.6) is 0 Å². The lowest BCUT2D eigenvalue weighted by atomic mass is 9.84. The van der Waals surface area contributed by atoms with Gasteiger partial charge in [0.05, 0.1) is 0 Å². The molecule has 0 saturated carbocycles. The van der Waals surface area contributed by atoms with Gasteiger partial charge in [0.2, 0.25) is 0 Å². The van der Waals surface area contributed by atoms with E-state index < -0.39 is 0 Å². The molecule has 0 aliphatic heterocycles. The van der Waals surface area contributed by atoms with Crippen LogP contribution in [0.3, 0.4) is 0 Å². The molecule has 0 aliphatic rings. The number of hydrogen-bond acceptors (Lipinski definition) is 2. The third kappa shape index (κ3) is 15.9. The van der Waals surface area contributed by atoms with Crippen molar-refractivity contribution >= 4 is 77.2 Å². The molecule has 0 aromatic heterocycles. The summed E-state index contributed by atoms with van der Waals surface area (Å²) in [6.45, 7) is 29.9. The van der Waals surface area contributed by atoms with Crippen molar-refractivity contribution in [1.29, 1.82) is 0 Å². The van der Waals surface area contributed by atoms with Crippen LogP contribution in [0, 0.1) is 13.8 Å². The van der Waals surface area contributed by atoms with E-state index in [1.807, 2.05) is 0 Å². The minimum Gasteiger partial charge on any atom is -0.310 e. The zero-order valence-corrected chi connectivity index (χ0v) is 59.7. The average Bonchev–Trinajstić information content (AvgIpc) is 0.721. The highest BCUT2D eigenvalue weighted by Gasteiger charge is 2.25. The van der Waals surface area contributed by atoms with Crippen molar-refractivity contribution < 1.29 is 0 Å². The highest BCUT2D eigenvalue weighted by Crippen LogP contribution is 2.50. The molecule has 0 aliphatic carbocycles. The molecule has 11 rings (SSSR count). The van der Waals surface area contributed by atoms with Crippen LogP contribution < -0.4 is 9.80 Å². The largest absolute Gasteiger partial charge is 0.310 e. The summed E-state index contributed by atoms with van der Waals surface area (Å²) in [6.07, 6.45) is 23.6. The number of fused-ring (bicyclic) bond motifs is 4. The molecule has 2 nitrogen and oxygen atoms in total. The van der Waals surface area contributed by atoms with Crippen LogP contribution >= 0.6 is 0 Å². The van der Waals surface area contributed by atoms with E-state index in [0.717, 1.165) is 41.3 Å². The number of rotatable bonds is 26. The van der Waals surface area contributed by atoms with E-state index in [9.17, 15) is 0 Å². The number of benzene rings is 11. The number of anilines is 6. The third-order valence-electron chi connectivity index (χ3n) is 20.2. The molecule has 486 valence electrons. The maximum Gasteiger partial charge on any atom is 0.0493 e. The average molecular weight is 1240 g/mol. The van der Waals surface area contributed by atoms with Gasteiger partial charge in [0.1, 0.15) is 0 Å². The first-order valence-corrected chi connectivity index (χ1v) is 36.3. The van der Waals surface area contributed by atoms with Gasteiger partial charge in [0.15, 0.2) is 0 Å². The summed E-state index contributed by atoms with van der Waals surface area (Å²) in [5, 5.41) is 10.1. The fourth-order valence-corrected chi connectivity index (χ4v) is 14.4. The van der Waals surface area contributed by atoms with Crippen molar-refractivity contribution in [3.05, 3.63) is 239 Å². The Morgan fingerprint density at radius 1 is 0.277 bits per heavy atom. The number of unbranched alkanes of at least 4 members (excludes halogenated alkanes) is 14. The smallest absolute Gasteiger partial charge is 0.0493 e. The zero-order chi connectivity index (χ0) is 66.2. The first-order chi connectivity index (χ1) is 45.2. The second-order valence-electron chi connectivity index (χ2n) is 30.8. The van der Waals surface area contributed by atoms with E-state index >= 15 is 0 Å². The van der Waals surface area contributed by atoms with E-state index in [1.54, 1.807) is 0 Å². The van der Waals surface area contributed by atoms with Crippen LogP contribution in [0.4, 0.5) is 34.1 Å². The van der Waals surface area contributed by atoms with E-state index in [2.05, 4.69) is 300 Å². The molecular formula is C92H108N2. The molecule has 94 heavy (non-hydrogen) atoms. The molecule has 0 unspecified atom stereocenters. The molecule has 0 amide bonds. The van der Waals surface area contributed by atoms with Gasteiger partial charge in [-0.3, -0.25) is 0 Å². The van der Waals surface area contributed by atoms with Crippen molar-refractivity contribution in [2.45, 2.75) is 222 Å². The fraction of sp³-hybridized carbons (Fsp3) is 0.370. The highest BCUT2D eigenvalue weighted by molar-refractivity contribution is 6.23. The lowest BCUT2D eigenvalue weighted by Crippen LogP contribution is -2.14. The molecule has 0 saturated heterocycles. The molecule has 0 fully saturated rings. The number of aryl methyl sites for hydroxylation is 4. The Hall–Kier alpha value is -7.94. The monoisotopic (exact) mass is 1240 g/mol. The summed E-state index contributed by atoms with van der Waals surface area (Å²) in [4.78, 5) is 4.99. The van der Waals surface area contributed by atoms with Gasteiger partial charge >= 0.3 is 0 Å². The van der Waals surface area contributed by atoms with Crippen LogP contribution in [0.1, 0.15) is 218 Å². The summed E-state index contributed by atoms with van der Waals surface area (Å²) < 4.78 is 0. The first-order valence-electron chi connectivity index (χ1n) is 36.3. The van der Waals surface area contributed by atoms with E-state index in [-0.39, 0.29) is 16.2 Å². The Balaban J connectivity index is 1.13. The van der Waals surface area contributed by atoms with Crippen LogP contribution in [0.2, 0.25) is 0 Å². The Kier molecular flexibility index (Phi) is 21.4. The van der Waals surface area contributed by atoms with Crippen LogP contribution in [0.25, 0.3) is 65.3 Å². The van der Waals surface area contributed by atoms with Gasteiger partial charge in [-0.05, 0) is 239 Å². The maximum absolute atomic E-state index is 2.52. The molecule has 11 aromatic rings. The lowest BCUT2D eigenvalue weighted by molar-refractivity contribution is 0.575. The van der Waals surface area contributed by atoms with Crippen molar-refractivity contribution in [2.75, 3.05) is 9.80 Å².